The third-order valence-electron chi connectivity index (χ3n) is 3.14. The number of azo groups is 1. The summed E-state index contributed by atoms with van der Waals surface area (Å²) in [5, 5.41) is 8.66. The largest absolute Gasteiger partial charge is 0.497 e. The van der Waals surface area contributed by atoms with Crippen molar-refractivity contribution in [2.24, 2.45) is 10.2 Å². The molecule has 20 heavy (non-hydrogen) atoms. The second-order valence-electron chi connectivity index (χ2n) is 4.63. The first-order chi connectivity index (χ1) is 9.83. The van der Waals surface area contributed by atoms with Gasteiger partial charge in [0.2, 0.25) is 0 Å². The molecule has 3 heteroatoms. The number of nitrogens with zero attached hydrogens (tertiary/aromatic N) is 2. The molecule has 0 aliphatic heterocycles. The van der Waals surface area contributed by atoms with E-state index in [1.807, 2.05) is 36.4 Å². The van der Waals surface area contributed by atoms with E-state index in [-0.39, 0.29) is 0 Å². The highest BCUT2D eigenvalue weighted by molar-refractivity contribution is 5.47. The van der Waals surface area contributed by atoms with Gasteiger partial charge in [0.25, 0.3) is 0 Å². The van der Waals surface area contributed by atoms with E-state index in [2.05, 4.69) is 29.3 Å². The quantitative estimate of drug-likeness (QED) is 0.641. The van der Waals surface area contributed by atoms with Crippen molar-refractivity contribution < 1.29 is 4.74 Å². The molecule has 0 saturated heterocycles. The SMILES string of the molecule is CCCCc1ccccc1N=Nc1ccc(OC)cc1. The van der Waals surface area contributed by atoms with Crippen LogP contribution in [0.4, 0.5) is 11.4 Å². The Morgan fingerprint density at radius 1 is 0.950 bits per heavy atom. The van der Waals surface area contributed by atoms with E-state index in [4.69, 9.17) is 4.74 Å². The predicted octanol–water partition coefficient (Wildman–Crippen LogP) is 5.45. The smallest absolute Gasteiger partial charge is 0.119 e. The van der Waals surface area contributed by atoms with Crippen LogP contribution in [0.2, 0.25) is 0 Å². The molecule has 0 fully saturated rings. The van der Waals surface area contributed by atoms with Crippen molar-refractivity contribution in [3.8, 4) is 5.75 Å². The predicted molar refractivity (Wildman–Crippen MR) is 82.2 cm³/mol. The number of hydrogen-bond acceptors (Lipinski definition) is 3. The Hall–Kier alpha value is -2.16. The van der Waals surface area contributed by atoms with Gasteiger partial charge in [-0.05, 0) is 48.7 Å². The van der Waals surface area contributed by atoms with Crippen LogP contribution in [0.1, 0.15) is 25.3 Å². The summed E-state index contributed by atoms with van der Waals surface area (Å²) in [6.07, 6.45) is 3.41. The Morgan fingerprint density at radius 3 is 2.40 bits per heavy atom. The molecule has 3 nitrogen and oxygen atoms in total. The second-order valence-corrected chi connectivity index (χ2v) is 4.63. The molecular weight excluding hydrogens is 248 g/mol. The Kier molecular flexibility index (Phi) is 5.30. The lowest BCUT2D eigenvalue weighted by Crippen LogP contribution is -1.84. The van der Waals surface area contributed by atoms with Crippen molar-refractivity contribution in [2.75, 3.05) is 7.11 Å². The van der Waals surface area contributed by atoms with Gasteiger partial charge in [-0.15, -0.1) is 0 Å². The summed E-state index contributed by atoms with van der Waals surface area (Å²) in [6.45, 7) is 2.20. The van der Waals surface area contributed by atoms with Gasteiger partial charge in [0, 0.05) is 0 Å². The molecule has 2 aromatic carbocycles. The fraction of sp³-hybridized carbons (Fsp3) is 0.294. The first-order valence-corrected chi connectivity index (χ1v) is 6.97. The Morgan fingerprint density at radius 2 is 1.70 bits per heavy atom. The summed E-state index contributed by atoms with van der Waals surface area (Å²) in [5.41, 5.74) is 3.04. The van der Waals surface area contributed by atoms with Crippen LogP contribution in [0.3, 0.4) is 0 Å². The van der Waals surface area contributed by atoms with Gasteiger partial charge >= 0.3 is 0 Å². The molecule has 0 aromatic heterocycles. The standard InChI is InChI=1S/C17H20N2O/c1-3-4-7-14-8-5-6-9-17(14)19-18-15-10-12-16(20-2)13-11-15/h5-6,8-13H,3-4,7H2,1-2H3. The van der Waals surface area contributed by atoms with Crippen LogP contribution in [-0.2, 0) is 6.42 Å². The van der Waals surface area contributed by atoms with Gasteiger partial charge in [-0.1, -0.05) is 31.5 Å². The summed E-state index contributed by atoms with van der Waals surface area (Å²) in [7, 11) is 1.65. The van der Waals surface area contributed by atoms with Crippen molar-refractivity contribution >= 4 is 11.4 Å². The number of rotatable bonds is 6. The van der Waals surface area contributed by atoms with Crippen molar-refractivity contribution in [1.29, 1.82) is 0 Å². The number of hydrogen-bond donors (Lipinski definition) is 0. The number of benzene rings is 2. The second kappa shape index (κ2) is 7.43. The molecule has 0 amide bonds. The minimum Gasteiger partial charge on any atom is -0.497 e. The van der Waals surface area contributed by atoms with Crippen molar-refractivity contribution in [3.63, 3.8) is 0 Å². The van der Waals surface area contributed by atoms with E-state index < -0.39 is 0 Å². The van der Waals surface area contributed by atoms with Crippen LogP contribution in [-0.4, -0.2) is 7.11 Å². The molecule has 0 saturated carbocycles. The zero-order chi connectivity index (χ0) is 14.2. The molecule has 0 bridgehead atoms. The van der Waals surface area contributed by atoms with Gasteiger partial charge in [-0.3, -0.25) is 0 Å². The summed E-state index contributed by atoms with van der Waals surface area (Å²) in [5.74, 6) is 0.826. The minimum absolute atomic E-state index is 0.826. The maximum absolute atomic E-state index is 5.12. The molecule has 0 spiro atoms. The fourth-order valence-electron chi connectivity index (χ4n) is 1.95. The first kappa shape index (κ1) is 14.3. The fourth-order valence-corrected chi connectivity index (χ4v) is 1.95. The van der Waals surface area contributed by atoms with Gasteiger partial charge in [0.15, 0.2) is 0 Å². The molecule has 104 valence electrons. The number of ether oxygens (including phenoxy) is 1. The molecule has 2 rings (SSSR count). The Labute approximate surface area is 120 Å². The molecule has 0 heterocycles. The van der Waals surface area contributed by atoms with E-state index >= 15 is 0 Å². The lowest BCUT2D eigenvalue weighted by Gasteiger charge is -2.03. The van der Waals surface area contributed by atoms with E-state index in [0.717, 1.165) is 23.5 Å². The molecule has 0 radical (unpaired) electrons. The average molecular weight is 268 g/mol. The molecule has 0 aliphatic carbocycles. The van der Waals surface area contributed by atoms with Crippen LogP contribution in [0.25, 0.3) is 0 Å². The Balaban J connectivity index is 2.13. The third-order valence-corrected chi connectivity index (χ3v) is 3.14. The lowest BCUT2D eigenvalue weighted by atomic mass is 10.1. The number of methoxy groups -OCH3 is 1. The molecule has 0 atom stereocenters. The summed E-state index contributed by atoms with van der Waals surface area (Å²) in [4.78, 5) is 0. The summed E-state index contributed by atoms with van der Waals surface area (Å²) >= 11 is 0. The maximum atomic E-state index is 5.12. The number of unbranched alkanes of at least 4 members (excludes halogenated alkanes) is 1. The van der Waals surface area contributed by atoms with E-state index in [0.29, 0.717) is 0 Å². The van der Waals surface area contributed by atoms with Crippen molar-refractivity contribution in [1.82, 2.24) is 0 Å². The zero-order valence-corrected chi connectivity index (χ0v) is 12.0. The minimum atomic E-state index is 0.826. The zero-order valence-electron chi connectivity index (χ0n) is 12.0. The molecule has 0 N–H and O–H groups in total. The molecule has 0 unspecified atom stereocenters. The van der Waals surface area contributed by atoms with E-state index in [9.17, 15) is 0 Å². The van der Waals surface area contributed by atoms with Gasteiger partial charge in [-0.25, -0.2) is 0 Å². The van der Waals surface area contributed by atoms with Crippen molar-refractivity contribution in [3.05, 3.63) is 54.1 Å². The summed E-state index contributed by atoms with van der Waals surface area (Å²) in [6, 6.07) is 15.8. The molecule has 2 aromatic rings. The first-order valence-electron chi connectivity index (χ1n) is 6.97. The van der Waals surface area contributed by atoms with Gasteiger partial charge in [0.05, 0.1) is 18.5 Å². The van der Waals surface area contributed by atoms with Gasteiger partial charge in [-0.2, -0.15) is 10.2 Å². The highest BCUT2D eigenvalue weighted by Gasteiger charge is 2.00. The number of aryl methyl sites for hydroxylation is 1. The molecular formula is C17H20N2O. The van der Waals surface area contributed by atoms with E-state index in [1.54, 1.807) is 7.11 Å². The van der Waals surface area contributed by atoms with Crippen LogP contribution < -0.4 is 4.74 Å². The van der Waals surface area contributed by atoms with Crippen LogP contribution >= 0.6 is 0 Å². The lowest BCUT2D eigenvalue weighted by molar-refractivity contribution is 0.415. The Bertz CT molecular complexity index is 561. The van der Waals surface area contributed by atoms with Crippen LogP contribution in [0.15, 0.2) is 58.8 Å². The van der Waals surface area contributed by atoms with Crippen molar-refractivity contribution in [2.45, 2.75) is 26.2 Å². The highest BCUT2D eigenvalue weighted by Crippen LogP contribution is 2.24. The van der Waals surface area contributed by atoms with Gasteiger partial charge in [0.1, 0.15) is 5.75 Å². The maximum Gasteiger partial charge on any atom is 0.119 e. The van der Waals surface area contributed by atoms with Crippen LogP contribution in [0.5, 0.6) is 5.75 Å². The topological polar surface area (TPSA) is 34.0 Å². The highest BCUT2D eigenvalue weighted by atomic mass is 16.5. The van der Waals surface area contributed by atoms with E-state index in [1.165, 1.54) is 18.4 Å². The monoisotopic (exact) mass is 268 g/mol. The third kappa shape index (κ3) is 3.92. The molecule has 0 aliphatic rings. The summed E-state index contributed by atoms with van der Waals surface area (Å²) < 4.78 is 5.12. The average Bonchev–Trinajstić information content (AvgIpc) is 2.52. The van der Waals surface area contributed by atoms with Crippen LogP contribution in [0, 0.1) is 0 Å². The van der Waals surface area contributed by atoms with Gasteiger partial charge < -0.3 is 4.74 Å². The normalized spacial score (nSPS) is 10.9.